The number of aromatic nitrogens is 1. The lowest BCUT2D eigenvalue weighted by atomic mass is 10.3. The quantitative estimate of drug-likeness (QED) is 0.541. The summed E-state index contributed by atoms with van der Waals surface area (Å²) in [4.78, 5) is 3.64. The van der Waals surface area contributed by atoms with Gasteiger partial charge in [-0.05, 0) is 46.9 Å². The van der Waals surface area contributed by atoms with E-state index in [1.807, 2.05) is 22.6 Å². The molecule has 2 aromatic rings. The number of pyridine rings is 1. The normalized spacial score (nSPS) is 11.4. The van der Waals surface area contributed by atoms with Crippen LogP contribution >= 0.6 is 57.4 Å². The summed E-state index contributed by atoms with van der Waals surface area (Å²) in [5.74, 6) is 0. The molecule has 106 valence electrons. The summed E-state index contributed by atoms with van der Waals surface area (Å²) >= 11 is 19.2. The first-order valence-corrected chi connectivity index (χ1v) is 8.78. The third-order valence-electron chi connectivity index (χ3n) is 2.26. The molecule has 0 aliphatic carbocycles. The summed E-state index contributed by atoms with van der Waals surface area (Å²) in [6, 6.07) is 6.05. The van der Waals surface area contributed by atoms with E-state index in [1.165, 1.54) is 6.07 Å². The number of sulfonamides is 1. The average molecular weight is 464 g/mol. The van der Waals surface area contributed by atoms with Gasteiger partial charge in [0.25, 0.3) is 10.0 Å². The van der Waals surface area contributed by atoms with Crippen molar-refractivity contribution in [3.63, 3.8) is 0 Å². The first-order valence-electron chi connectivity index (χ1n) is 5.08. The number of rotatable bonds is 3. The monoisotopic (exact) mass is 462 g/mol. The maximum absolute atomic E-state index is 12.2. The molecule has 0 atom stereocenters. The molecule has 1 heterocycles. The number of hydrogen-bond donors (Lipinski definition) is 1. The molecule has 0 spiro atoms. The largest absolute Gasteiger partial charge is 0.279 e. The second-order valence-corrected chi connectivity index (χ2v) is 7.72. The molecule has 9 heteroatoms. The summed E-state index contributed by atoms with van der Waals surface area (Å²) in [5.41, 5.74) is 0.418. The highest BCUT2D eigenvalue weighted by Gasteiger charge is 2.17. The Hall–Kier alpha value is -0.280. The van der Waals surface area contributed by atoms with E-state index in [4.69, 9.17) is 34.8 Å². The molecule has 20 heavy (non-hydrogen) atoms. The summed E-state index contributed by atoms with van der Waals surface area (Å²) in [7, 11) is -3.79. The van der Waals surface area contributed by atoms with Gasteiger partial charge >= 0.3 is 0 Å². The Labute approximate surface area is 144 Å². The van der Waals surface area contributed by atoms with E-state index >= 15 is 0 Å². The summed E-state index contributed by atoms with van der Waals surface area (Å²) < 4.78 is 27.5. The van der Waals surface area contributed by atoms with Crippen LogP contribution in [0.5, 0.6) is 0 Å². The van der Waals surface area contributed by atoms with Crippen molar-refractivity contribution in [1.82, 2.24) is 4.98 Å². The fourth-order valence-electron chi connectivity index (χ4n) is 1.33. The number of benzene rings is 1. The van der Waals surface area contributed by atoms with E-state index in [-0.39, 0.29) is 15.1 Å². The van der Waals surface area contributed by atoms with Crippen LogP contribution in [0.25, 0.3) is 0 Å². The Kier molecular flexibility index (Phi) is 5.01. The standard InChI is InChI=1S/C11H6Cl3IN2O2S/c12-6-1-2-10(9(15)3-6)17-20(18,19)7-4-8(13)11(14)16-5-7/h1-5,17H. The Morgan fingerprint density at radius 1 is 1.15 bits per heavy atom. The zero-order valence-corrected chi connectivity index (χ0v) is 14.8. The highest BCUT2D eigenvalue weighted by Crippen LogP contribution is 2.27. The maximum Gasteiger partial charge on any atom is 0.263 e. The molecule has 0 bridgehead atoms. The molecular formula is C11H6Cl3IN2O2S. The van der Waals surface area contributed by atoms with Crippen LogP contribution in [-0.2, 0) is 10.0 Å². The Morgan fingerprint density at radius 2 is 1.85 bits per heavy atom. The van der Waals surface area contributed by atoms with Gasteiger partial charge in [0.05, 0.1) is 10.7 Å². The highest BCUT2D eigenvalue weighted by molar-refractivity contribution is 14.1. The number of hydrogen-bond acceptors (Lipinski definition) is 3. The van der Waals surface area contributed by atoms with Gasteiger partial charge in [-0.15, -0.1) is 0 Å². The van der Waals surface area contributed by atoms with Gasteiger partial charge in [-0.1, -0.05) is 34.8 Å². The van der Waals surface area contributed by atoms with Gasteiger partial charge in [0.15, 0.2) is 0 Å². The molecule has 0 saturated heterocycles. The van der Waals surface area contributed by atoms with E-state index in [1.54, 1.807) is 18.2 Å². The first kappa shape index (κ1) is 16.1. The van der Waals surface area contributed by atoms with Crippen molar-refractivity contribution in [3.05, 3.63) is 49.2 Å². The lowest BCUT2D eigenvalue weighted by Crippen LogP contribution is -2.14. The van der Waals surface area contributed by atoms with Crippen LogP contribution in [0.3, 0.4) is 0 Å². The summed E-state index contributed by atoms with van der Waals surface area (Å²) in [6.07, 6.45) is 1.14. The van der Waals surface area contributed by atoms with E-state index in [9.17, 15) is 8.42 Å². The van der Waals surface area contributed by atoms with Gasteiger partial charge in [0.1, 0.15) is 10.0 Å². The Morgan fingerprint density at radius 3 is 2.45 bits per heavy atom. The predicted octanol–water partition coefficient (Wildman–Crippen LogP) is 4.45. The van der Waals surface area contributed by atoms with Gasteiger partial charge in [-0.25, -0.2) is 13.4 Å². The second-order valence-electron chi connectivity index (χ2n) is 3.67. The van der Waals surface area contributed by atoms with Gasteiger partial charge < -0.3 is 0 Å². The van der Waals surface area contributed by atoms with Gasteiger partial charge in [0, 0.05) is 14.8 Å². The molecule has 0 amide bonds. The zero-order valence-electron chi connectivity index (χ0n) is 9.57. The molecule has 0 fully saturated rings. The molecule has 1 aromatic carbocycles. The minimum atomic E-state index is -3.79. The number of nitrogens with zero attached hydrogens (tertiary/aromatic N) is 1. The molecule has 1 aromatic heterocycles. The molecular weight excluding hydrogens is 457 g/mol. The van der Waals surface area contributed by atoms with Crippen LogP contribution in [-0.4, -0.2) is 13.4 Å². The Bertz CT molecular complexity index is 768. The minimum absolute atomic E-state index is 0.0479. The smallest absolute Gasteiger partial charge is 0.263 e. The topological polar surface area (TPSA) is 59.1 Å². The molecule has 0 aliphatic heterocycles. The van der Waals surface area contributed by atoms with Crippen molar-refractivity contribution in [1.29, 1.82) is 0 Å². The van der Waals surface area contributed by atoms with Gasteiger partial charge in [0.2, 0.25) is 0 Å². The van der Waals surface area contributed by atoms with Crippen molar-refractivity contribution < 1.29 is 8.42 Å². The number of nitrogens with one attached hydrogen (secondary N) is 1. The first-order chi connectivity index (χ1) is 9.29. The highest BCUT2D eigenvalue weighted by atomic mass is 127. The van der Waals surface area contributed by atoms with Crippen LogP contribution < -0.4 is 4.72 Å². The van der Waals surface area contributed by atoms with Gasteiger partial charge in [-0.3, -0.25) is 4.72 Å². The fraction of sp³-hybridized carbons (Fsp3) is 0. The number of anilines is 1. The summed E-state index contributed by atoms with van der Waals surface area (Å²) in [6.45, 7) is 0. The summed E-state index contributed by atoms with van der Waals surface area (Å²) in [5, 5.41) is 0.639. The molecule has 0 aliphatic rings. The third-order valence-corrected chi connectivity index (χ3v) is 5.40. The van der Waals surface area contributed by atoms with Crippen molar-refractivity contribution in [2.24, 2.45) is 0 Å². The lowest BCUT2D eigenvalue weighted by molar-refractivity contribution is 0.601. The van der Waals surface area contributed by atoms with E-state index in [2.05, 4.69) is 9.71 Å². The Balaban J connectivity index is 2.38. The van der Waals surface area contributed by atoms with E-state index in [0.29, 0.717) is 14.3 Å². The molecule has 0 saturated carbocycles. The molecule has 0 radical (unpaired) electrons. The SMILES string of the molecule is O=S(=O)(Nc1ccc(Cl)cc1I)c1cnc(Cl)c(Cl)c1. The zero-order chi connectivity index (χ0) is 14.9. The molecule has 2 rings (SSSR count). The predicted molar refractivity (Wildman–Crippen MR) is 89.2 cm³/mol. The number of halogens is 4. The fourth-order valence-corrected chi connectivity index (χ4v) is 3.90. The minimum Gasteiger partial charge on any atom is -0.279 e. The van der Waals surface area contributed by atoms with Crippen molar-refractivity contribution in [2.45, 2.75) is 4.90 Å². The van der Waals surface area contributed by atoms with Crippen LogP contribution in [0.4, 0.5) is 5.69 Å². The van der Waals surface area contributed by atoms with Crippen LogP contribution in [0.15, 0.2) is 35.4 Å². The molecule has 0 unspecified atom stereocenters. The van der Waals surface area contributed by atoms with Crippen LogP contribution in [0.2, 0.25) is 15.2 Å². The second kappa shape index (κ2) is 6.23. The maximum atomic E-state index is 12.2. The average Bonchev–Trinajstić information content (AvgIpc) is 2.36. The lowest BCUT2D eigenvalue weighted by Gasteiger charge is -2.10. The van der Waals surface area contributed by atoms with Crippen molar-refractivity contribution in [3.8, 4) is 0 Å². The van der Waals surface area contributed by atoms with E-state index < -0.39 is 10.0 Å². The third kappa shape index (κ3) is 3.67. The molecule has 1 N–H and O–H groups in total. The van der Waals surface area contributed by atoms with E-state index in [0.717, 1.165) is 6.20 Å². The van der Waals surface area contributed by atoms with Crippen LogP contribution in [0, 0.1) is 3.57 Å². The molecule has 4 nitrogen and oxygen atoms in total. The van der Waals surface area contributed by atoms with Crippen molar-refractivity contribution in [2.75, 3.05) is 4.72 Å². The van der Waals surface area contributed by atoms with Crippen LogP contribution in [0.1, 0.15) is 0 Å². The van der Waals surface area contributed by atoms with Crippen molar-refractivity contribution >= 4 is 73.1 Å². The van der Waals surface area contributed by atoms with Gasteiger partial charge in [-0.2, -0.15) is 0 Å².